The fraction of sp³-hybridized carbons (Fsp3) is 0.154. The number of pyridine rings is 1. The van der Waals surface area contributed by atoms with Gasteiger partial charge in [-0.3, -0.25) is 4.98 Å². The summed E-state index contributed by atoms with van der Waals surface area (Å²) in [6, 6.07) is 9.71. The van der Waals surface area contributed by atoms with Crippen molar-refractivity contribution in [3.05, 3.63) is 48.4 Å². The van der Waals surface area contributed by atoms with Gasteiger partial charge in [0, 0.05) is 23.8 Å². The van der Waals surface area contributed by atoms with E-state index in [1.165, 1.54) is 11.8 Å². The van der Waals surface area contributed by atoms with Crippen molar-refractivity contribution in [2.75, 3.05) is 5.75 Å². The van der Waals surface area contributed by atoms with E-state index in [-0.39, 0.29) is 0 Å². The highest BCUT2D eigenvalue weighted by atomic mass is 32.2. The highest BCUT2D eigenvalue weighted by Crippen LogP contribution is 2.22. The molecule has 0 unspecified atom stereocenters. The maximum Gasteiger partial charge on any atom is 0.276 e. The van der Waals surface area contributed by atoms with Gasteiger partial charge in [-0.05, 0) is 30.7 Å². The maximum absolute atomic E-state index is 5.56. The molecule has 0 saturated carbocycles. The molecule has 5 nitrogen and oxygen atoms in total. The van der Waals surface area contributed by atoms with Gasteiger partial charge in [-0.1, -0.05) is 17.8 Å². The molecule has 3 rings (SSSR count). The normalized spacial score (nSPS) is 10.7. The lowest BCUT2D eigenvalue weighted by Crippen LogP contribution is -1.91. The molecule has 0 radical (unpaired) electrons. The Labute approximate surface area is 114 Å². The van der Waals surface area contributed by atoms with E-state index in [0.717, 1.165) is 23.6 Å². The van der Waals surface area contributed by atoms with Crippen LogP contribution < -0.4 is 0 Å². The molecule has 1 N–H and O–H groups in total. The van der Waals surface area contributed by atoms with Gasteiger partial charge in [0.05, 0.1) is 0 Å². The molecule has 3 aromatic heterocycles. The molecular formula is C13H12N4OS. The van der Waals surface area contributed by atoms with Crippen LogP contribution in [-0.2, 0) is 6.42 Å². The van der Waals surface area contributed by atoms with E-state index in [1.54, 1.807) is 6.20 Å². The number of aromatic nitrogens is 4. The molecular weight excluding hydrogens is 260 g/mol. The molecule has 0 aliphatic heterocycles. The van der Waals surface area contributed by atoms with Crippen molar-refractivity contribution >= 4 is 11.8 Å². The Morgan fingerprint density at radius 2 is 2.16 bits per heavy atom. The van der Waals surface area contributed by atoms with Crippen LogP contribution in [-0.4, -0.2) is 25.9 Å². The number of rotatable bonds is 5. The van der Waals surface area contributed by atoms with Gasteiger partial charge in [0.2, 0.25) is 0 Å². The summed E-state index contributed by atoms with van der Waals surface area (Å²) in [5, 5.41) is 8.59. The van der Waals surface area contributed by atoms with Gasteiger partial charge in [0.15, 0.2) is 0 Å². The number of thioether (sulfide) groups is 1. The van der Waals surface area contributed by atoms with E-state index < -0.39 is 0 Å². The Kier molecular flexibility index (Phi) is 3.60. The van der Waals surface area contributed by atoms with Crippen LogP contribution >= 0.6 is 11.8 Å². The monoisotopic (exact) mass is 272 g/mol. The minimum atomic E-state index is 0.519. The van der Waals surface area contributed by atoms with Crippen molar-refractivity contribution in [1.29, 1.82) is 0 Å². The first kappa shape index (κ1) is 12.0. The molecule has 19 heavy (non-hydrogen) atoms. The van der Waals surface area contributed by atoms with E-state index >= 15 is 0 Å². The maximum atomic E-state index is 5.56. The molecule has 3 heterocycles. The van der Waals surface area contributed by atoms with Crippen molar-refractivity contribution in [3.63, 3.8) is 0 Å². The van der Waals surface area contributed by atoms with Crippen LogP contribution in [0.3, 0.4) is 0 Å². The third-order valence-electron chi connectivity index (χ3n) is 2.54. The molecule has 96 valence electrons. The van der Waals surface area contributed by atoms with E-state index in [2.05, 4.69) is 20.2 Å². The molecule has 0 aliphatic carbocycles. The number of nitrogens with one attached hydrogen (secondary N) is 1. The number of hydrogen-bond acceptors (Lipinski definition) is 5. The molecule has 0 fully saturated rings. The highest BCUT2D eigenvalue weighted by Gasteiger charge is 2.09. The molecule has 0 saturated heterocycles. The summed E-state index contributed by atoms with van der Waals surface area (Å²) < 4.78 is 5.56. The van der Waals surface area contributed by atoms with Crippen LogP contribution in [0.4, 0.5) is 0 Å². The Hall–Kier alpha value is -2.08. The zero-order chi connectivity index (χ0) is 12.9. The lowest BCUT2D eigenvalue weighted by atomic mass is 10.3. The van der Waals surface area contributed by atoms with Gasteiger partial charge < -0.3 is 9.40 Å². The standard InChI is InChI=1S/C13H12N4OS/c1-2-7-14-10(4-1)6-9-19-13-17-16-12(18-13)11-5-3-8-15-11/h1-5,7-8,15H,6,9H2. The average molecular weight is 272 g/mol. The summed E-state index contributed by atoms with van der Waals surface area (Å²) in [5.74, 6) is 1.38. The minimum Gasteiger partial charge on any atom is -0.410 e. The lowest BCUT2D eigenvalue weighted by Gasteiger charge is -1.97. The third-order valence-corrected chi connectivity index (χ3v) is 3.36. The van der Waals surface area contributed by atoms with Crippen molar-refractivity contribution in [3.8, 4) is 11.6 Å². The summed E-state index contributed by atoms with van der Waals surface area (Å²) in [4.78, 5) is 7.30. The first-order valence-electron chi connectivity index (χ1n) is 5.92. The van der Waals surface area contributed by atoms with E-state index in [0.29, 0.717) is 11.1 Å². The molecule has 3 aromatic rings. The van der Waals surface area contributed by atoms with Crippen LogP contribution in [0.2, 0.25) is 0 Å². The summed E-state index contributed by atoms with van der Waals surface area (Å²) in [7, 11) is 0. The van der Waals surface area contributed by atoms with E-state index in [1.807, 2.05) is 36.5 Å². The highest BCUT2D eigenvalue weighted by molar-refractivity contribution is 7.99. The molecule has 0 aromatic carbocycles. The first-order chi connectivity index (χ1) is 9.42. The van der Waals surface area contributed by atoms with Crippen molar-refractivity contribution < 1.29 is 4.42 Å². The third kappa shape index (κ3) is 3.03. The predicted octanol–water partition coefficient (Wildman–Crippen LogP) is 2.79. The van der Waals surface area contributed by atoms with Crippen LogP contribution in [0, 0.1) is 0 Å². The molecule has 0 amide bonds. The quantitative estimate of drug-likeness (QED) is 0.723. The van der Waals surface area contributed by atoms with Crippen LogP contribution in [0.5, 0.6) is 0 Å². The van der Waals surface area contributed by atoms with Crippen LogP contribution in [0.15, 0.2) is 52.4 Å². The van der Waals surface area contributed by atoms with Gasteiger partial charge in [-0.25, -0.2) is 0 Å². The number of hydrogen-bond donors (Lipinski definition) is 1. The van der Waals surface area contributed by atoms with Crippen molar-refractivity contribution in [1.82, 2.24) is 20.2 Å². The number of aromatic amines is 1. The first-order valence-corrected chi connectivity index (χ1v) is 6.90. The fourth-order valence-electron chi connectivity index (χ4n) is 1.63. The average Bonchev–Trinajstić information content (AvgIpc) is 3.10. The second kappa shape index (κ2) is 5.71. The number of nitrogens with zero attached hydrogens (tertiary/aromatic N) is 3. The van der Waals surface area contributed by atoms with Crippen LogP contribution in [0.25, 0.3) is 11.6 Å². The van der Waals surface area contributed by atoms with Crippen molar-refractivity contribution in [2.45, 2.75) is 11.6 Å². The van der Waals surface area contributed by atoms with Gasteiger partial charge in [-0.15, -0.1) is 10.2 Å². The predicted molar refractivity (Wildman–Crippen MR) is 72.7 cm³/mol. The Morgan fingerprint density at radius 1 is 1.16 bits per heavy atom. The molecule has 0 bridgehead atoms. The smallest absolute Gasteiger partial charge is 0.276 e. The number of aryl methyl sites for hydroxylation is 1. The SMILES string of the molecule is c1ccc(CCSc2nnc(-c3ccc[nH]3)o2)nc1. The van der Waals surface area contributed by atoms with Gasteiger partial charge in [-0.2, -0.15) is 0 Å². The Balaban J connectivity index is 1.56. The van der Waals surface area contributed by atoms with E-state index in [9.17, 15) is 0 Å². The lowest BCUT2D eigenvalue weighted by molar-refractivity contribution is 0.465. The summed E-state index contributed by atoms with van der Waals surface area (Å²) >= 11 is 1.54. The Bertz CT molecular complexity index is 621. The van der Waals surface area contributed by atoms with E-state index in [4.69, 9.17) is 4.42 Å². The summed E-state index contributed by atoms with van der Waals surface area (Å²) in [6.07, 6.45) is 4.51. The summed E-state index contributed by atoms with van der Waals surface area (Å²) in [5.41, 5.74) is 1.91. The van der Waals surface area contributed by atoms with Crippen LogP contribution in [0.1, 0.15) is 5.69 Å². The molecule has 6 heteroatoms. The van der Waals surface area contributed by atoms with Crippen molar-refractivity contribution in [2.24, 2.45) is 0 Å². The van der Waals surface area contributed by atoms with Gasteiger partial charge >= 0.3 is 0 Å². The topological polar surface area (TPSA) is 67.6 Å². The second-order valence-electron chi connectivity index (χ2n) is 3.88. The number of H-pyrrole nitrogens is 1. The zero-order valence-corrected chi connectivity index (χ0v) is 10.9. The second-order valence-corrected chi connectivity index (χ2v) is 4.92. The minimum absolute atomic E-state index is 0.519. The fourth-order valence-corrected chi connectivity index (χ4v) is 2.35. The molecule has 0 atom stereocenters. The van der Waals surface area contributed by atoms with Gasteiger partial charge in [0.1, 0.15) is 5.69 Å². The largest absolute Gasteiger partial charge is 0.410 e. The molecule has 0 aliphatic rings. The summed E-state index contributed by atoms with van der Waals surface area (Å²) in [6.45, 7) is 0. The van der Waals surface area contributed by atoms with Gasteiger partial charge in [0.25, 0.3) is 11.1 Å². The molecule has 0 spiro atoms. The zero-order valence-electron chi connectivity index (χ0n) is 10.1. The Morgan fingerprint density at radius 3 is 2.95 bits per heavy atom.